The molecule has 0 aliphatic heterocycles. The van der Waals surface area contributed by atoms with Gasteiger partial charge in [0.2, 0.25) is 5.91 Å². The second kappa shape index (κ2) is 9.75. The number of benzene rings is 1. The molecule has 0 saturated carbocycles. The van der Waals surface area contributed by atoms with E-state index in [0.717, 1.165) is 30.6 Å². The molecule has 0 bridgehead atoms. The third kappa shape index (κ3) is 6.91. The van der Waals surface area contributed by atoms with Crippen LogP contribution in [-0.4, -0.2) is 39.5 Å². The molecule has 6 heteroatoms. The Morgan fingerprint density at radius 1 is 1.28 bits per heavy atom. The molecule has 0 fully saturated rings. The highest BCUT2D eigenvalue weighted by Crippen LogP contribution is 2.40. The van der Waals surface area contributed by atoms with Crippen molar-refractivity contribution in [1.29, 1.82) is 0 Å². The number of fused-ring (bicyclic) bond motifs is 1. The van der Waals surface area contributed by atoms with E-state index in [1.54, 1.807) is 0 Å². The monoisotopic (exact) mass is 440 g/mol. The van der Waals surface area contributed by atoms with Crippen molar-refractivity contribution in [2.24, 2.45) is 10.8 Å². The number of carbonyl (C=O) groups excluding carboxylic acids is 1. The molecule has 3 N–H and O–H groups in total. The summed E-state index contributed by atoms with van der Waals surface area (Å²) in [5, 5.41) is 22.4. The normalized spacial score (nSPS) is 19.8. The van der Waals surface area contributed by atoms with Crippen molar-refractivity contribution in [1.82, 2.24) is 20.4 Å². The van der Waals surface area contributed by atoms with Crippen LogP contribution in [0.3, 0.4) is 0 Å². The Bertz CT molecular complexity index is 898. The van der Waals surface area contributed by atoms with Crippen molar-refractivity contribution in [3.05, 3.63) is 53.3 Å². The Morgan fingerprint density at radius 3 is 2.59 bits per heavy atom. The molecule has 1 aromatic heterocycles. The van der Waals surface area contributed by atoms with Crippen molar-refractivity contribution in [2.75, 3.05) is 6.54 Å². The highest BCUT2D eigenvalue weighted by atomic mass is 16.3. The Balaban J connectivity index is 1.72. The number of nitrogens with one attached hydrogen (secondary N) is 2. The topological polar surface area (TPSA) is 79.2 Å². The fourth-order valence-corrected chi connectivity index (χ4v) is 4.66. The van der Waals surface area contributed by atoms with Gasteiger partial charge in [0.25, 0.3) is 0 Å². The molecule has 1 aliphatic rings. The second-order valence-corrected chi connectivity index (χ2v) is 11.4. The van der Waals surface area contributed by atoms with Crippen LogP contribution in [0, 0.1) is 10.8 Å². The molecule has 1 aliphatic carbocycles. The number of hydrogen-bond donors (Lipinski definition) is 3. The van der Waals surface area contributed by atoms with E-state index in [2.05, 4.69) is 56.1 Å². The van der Waals surface area contributed by atoms with E-state index in [-0.39, 0.29) is 28.8 Å². The lowest BCUT2D eigenvalue weighted by atomic mass is 9.74. The number of hydrogen-bond acceptors (Lipinski definition) is 4. The molecule has 6 nitrogen and oxygen atoms in total. The minimum atomic E-state index is -0.697. The van der Waals surface area contributed by atoms with Gasteiger partial charge >= 0.3 is 0 Å². The van der Waals surface area contributed by atoms with Gasteiger partial charge in [-0.1, -0.05) is 65.0 Å². The molecule has 176 valence electrons. The Hall–Kier alpha value is -2.18. The van der Waals surface area contributed by atoms with Gasteiger partial charge in [-0.3, -0.25) is 9.48 Å². The summed E-state index contributed by atoms with van der Waals surface area (Å²) >= 11 is 0. The molecule has 3 rings (SSSR count). The maximum Gasteiger partial charge on any atom is 0.217 e. The molecule has 3 atom stereocenters. The fourth-order valence-electron chi connectivity index (χ4n) is 4.66. The van der Waals surface area contributed by atoms with Crippen molar-refractivity contribution in [3.8, 4) is 0 Å². The van der Waals surface area contributed by atoms with E-state index in [9.17, 15) is 9.90 Å². The van der Waals surface area contributed by atoms with Crippen LogP contribution in [0.15, 0.2) is 36.5 Å². The molecule has 0 radical (unpaired) electrons. The van der Waals surface area contributed by atoms with E-state index in [4.69, 9.17) is 5.10 Å². The molecule has 1 aromatic carbocycles. The average Bonchev–Trinajstić information content (AvgIpc) is 3.04. The standard InChI is InChI=1S/C26H40N4O2/c1-18(31)28-21(12-19-10-8-7-9-11-19)24(32)15-27-22-13-26(5,6)14-23-20(22)16-30(29-23)17-25(2,3)4/h7-11,16,21-22,24,27,32H,12-15,17H2,1-6H3,(H,28,31)/t21-,22-,24+/m0/s1. The lowest BCUT2D eigenvalue weighted by Crippen LogP contribution is -2.49. The smallest absolute Gasteiger partial charge is 0.217 e. The number of aromatic nitrogens is 2. The Kier molecular flexibility index (Phi) is 7.46. The average molecular weight is 441 g/mol. The Morgan fingerprint density at radius 2 is 1.97 bits per heavy atom. The second-order valence-electron chi connectivity index (χ2n) is 11.4. The summed E-state index contributed by atoms with van der Waals surface area (Å²) in [6, 6.07) is 9.76. The van der Waals surface area contributed by atoms with Crippen LogP contribution < -0.4 is 10.6 Å². The molecule has 0 spiro atoms. The highest BCUT2D eigenvalue weighted by Gasteiger charge is 2.35. The first-order valence-corrected chi connectivity index (χ1v) is 11.7. The number of rotatable bonds is 8. The van der Waals surface area contributed by atoms with Gasteiger partial charge in [-0.15, -0.1) is 0 Å². The summed E-state index contributed by atoms with van der Waals surface area (Å²) in [5.41, 5.74) is 3.78. The van der Waals surface area contributed by atoms with Crippen molar-refractivity contribution < 1.29 is 9.90 Å². The van der Waals surface area contributed by atoms with E-state index in [1.165, 1.54) is 12.5 Å². The van der Waals surface area contributed by atoms with Gasteiger partial charge in [-0.05, 0) is 35.7 Å². The maximum absolute atomic E-state index is 11.8. The number of amides is 1. The number of carbonyl (C=O) groups is 1. The lowest BCUT2D eigenvalue weighted by Gasteiger charge is -2.36. The quantitative estimate of drug-likeness (QED) is 0.586. The first kappa shape index (κ1) is 24.5. The van der Waals surface area contributed by atoms with Crippen LogP contribution in [0.1, 0.15) is 70.8 Å². The van der Waals surface area contributed by atoms with Gasteiger partial charge in [0.15, 0.2) is 0 Å². The van der Waals surface area contributed by atoms with Crippen molar-refractivity contribution in [2.45, 2.75) is 85.5 Å². The van der Waals surface area contributed by atoms with E-state index < -0.39 is 6.10 Å². The summed E-state index contributed by atoms with van der Waals surface area (Å²) < 4.78 is 2.08. The van der Waals surface area contributed by atoms with Crippen molar-refractivity contribution >= 4 is 5.91 Å². The number of nitrogens with zero attached hydrogens (tertiary/aromatic N) is 2. The van der Waals surface area contributed by atoms with Gasteiger partial charge in [0.05, 0.1) is 17.8 Å². The summed E-state index contributed by atoms with van der Waals surface area (Å²) in [6.07, 6.45) is 4.01. The van der Waals surface area contributed by atoms with Crippen LogP contribution in [0.2, 0.25) is 0 Å². The predicted molar refractivity (Wildman–Crippen MR) is 128 cm³/mol. The largest absolute Gasteiger partial charge is 0.390 e. The zero-order chi connectivity index (χ0) is 23.5. The molecule has 1 amide bonds. The minimum absolute atomic E-state index is 0.130. The van der Waals surface area contributed by atoms with Crippen molar-refractivity contribution in [3.63, 3.8) is 0 Å². The summed E-state index contributed by atoms with van der Waals surface area (Å²) in [7, 11) is 0. The van der Waals surface area contributed by atoms with Gasteiger partial charge in [0, 0.05) is 37.8 Å². The van der Waals surface area contributed by atoms with Gasteiger partial charge < -0.3 is 15.7 Å². The first-order chi connectivity index (χ1) is 14.9. The summed E-state index contributed by atoms with van der Waals surface area (Å²) in [6.45, 7) is 14.0. The van der Waals surface area contributed by atoms with Crippen LogP contribution in [-0.2, 0) is 24.2 Å². The SMILES string of the molecule is CC(=O)N[C@@H](Cc1ccccc1)[C@H](O)CN[C@H]1CC(C)(C)Cc2nn(CC(C)(C)C)cc21. The molecule has 1 heterocycles. The zero-order valence-electron chi connectivity index (χ0n) is 20.5. The van der Waals surface area contributed by atoms with E-state index >= 15 is 0 Å². The number of aliphatic hydroxyl groups is 1. The molecular weight excluding hydrogens is 400 g/mol. The van der Waals surface area contributed by atoms with Crippen LogP contribution in [0.25, 0.3) is 0 Å². The van der Waals surface area contributed by atoms with Gasteiger partial charge in [-0.25, -0.2) is 0 Å². The molecular formula is C26H40N4O2. The predicted octanol–water partition coefficient (Wildman–Crippen LogP) is 3.64. The first-order valence-electron chi connectivity index (χ1n) is 11.7. The molecule has 32 heavy (non-hydrogen) atoms. The lowest BCUT2D eigenvalue weighted by molar-refractivity contribution is -0.120. The third-order valence-corrected chi connectivity index (χ3v) is 6.01. The summed E-state index contributed by atoms with van der Waals surface area (Å²) in [5.74, 6) is -0.130. The van der Waals surface area contributed by atoms with Crippen LogP contribution in [0.4, 0.5) is 0 Å². The minimum Gasteiger partial charge on any atom is -0.390 e. The Labute approximate surface area is 192 Å². The van der Waals surface area contributed by atoms with E-state index in [0.29, 0.717) is 13.0 Å². The molecule has 2 aromatic rings. The van der Waals surface area contributed by atoms with Gasteiger partial charge in [0.1, 0.15) is 0 Å². The maximum atomic E-state index is 11.8. The zero-order valence-corrected chi connectivity index (χ0v) is 20.5. The fraction of sp³-hybridized carbons (Fsp3) is 0.615. The third-order valence-electron chi connectivity index (χ3n) is 6.01. The molecule has 0 saturated heterocycles. The molecule has 0 unspecified atom stereocenters. The van der Waals surface area contributed by atoms with Crippen LogP contribution in [0.5, 0.6) is 0 Å². The van der Waals surface area contributed by atoms with E-state index in [1.807, 2.05) is 30.3 Å². The number of aliphatic hydroxyl groups excluding tert-OH is 1. The summed E-state index contributed by atoms with van der Waals surface area (Å²) in [4.78, 5) is 11.8. The highest BCUT2D eigenvalue weighted by molar-refractivity contribution is 5.73. The van der Waals surface area contributed by atoms with Crippen LogP contribution >= 0.6 is 0 Å². The van der Waals surface area contributed by atoms with Gasteiger partial charge in [-0.2, -0.15) is 5.10 Å².